The van der Waals surface area contributed by atoms with Crippen molar-refractivity contribution in [2.75, 3.05) is 11.9 Å². The molecule has 4 heteroatoms. The molecular formula is C22H27FN2O. The van der Waals surface area contributed by atoms with Gasteiger partial charge in [0.2, 0.25) is 5.91 Å². The summed E-state index contributed by atoms with van der Waals surface area (Å²) in [4.78, 5) is 14.5. The molecule has 0 aromatic heterocycles. The Morgan fingerprint density at radius 2 is 1.85 bits per heavy atom. The standard InChI is InChI=1S/C22H27FN2O/c1-16(2)18-9-7-17(8-10-18)15-25(19-11-12-19)14-13-22(26)24-21-6-4-3-5-20(21)23/h3-10,16,19H,11-15H2,1-2H3,(H,24,26). The van der Waals surface area contributed by atoms with Gasteiger partial charge < -0.3 is 5.32 Å². The molecule has 1 aliphatic carbocycles. The highest BCUT2D eigenvalue weighted by Gasteiger charge is 2.29. The van der Waals surface area contributed by atoms with Gasteiger partial charge in [-0.05, 0) is 42.0 Å². The molecule has 1 saturated carbocycles. The molecule has 26 heavy (non-hydrogen) atoms. The molecule has 0 spiro atoms. The van der Waals surface area contributed by atoms with Crippen LogP contribution < -0.4 is 5.32 Å². The number of nitrogens with one attached hydrogen (secondary N) is 1. The van der Waals surface area contributed by atoms with Gasteiger partial charge in [-0.2, -0.15) is 0 Å². The monoisotopic (exact) mass is 354 g/mol. The Hall–Kier alpha value is -2.20. The predicted molar refractivity (Wildman–Crippen MR) is 104 cm³/mol. The van der Waals surface area contributed by atoms with Crippen LogP contribution >= 0.6 is 0 Å². The average Bonchev–Trinajstić information content (AvgIpc) is 3.46. The van der Waals surface area contributed by atoms with Crippen molar-refractivity contribution in [1.29, 1.82) is 0 Å². The normalized spacial score (nSPS) is 14.0. The zero-order valence-electron chi connectivity index (χ0n) is 15.5. The lowest BCUT2D eigenvalue weighted by Crippen LogP contribution is -2.29. The Balaban J connectivity index is 1.54. The summed E-state index contributed by atoms with van der Waals surface area (Å²) in [6.07, 6.45) is 2.76. The number of anilines is 1. The first-order valence-corrected chi connectivity index (χ1v) is 9.40. The summed E-state index contributed by atoms with van der Waals surface area (Å²) >= 11 is 0. The molecule has 2 aromatic carbocycles. The number of para-hydroxylation sites is 1. The van der Waals surface area contributed by atoms with Crippen LogP contribution in [0.1, 0.15) is 50.2 Å². The molecule has 0 radical (unpaired) electrons. The van der Waals surface area contributed by atoms with Crippen molar-refractivity contribution in [3.05, 3.63) is 65.5 Å². The molecule has 2 aromatic rings. The van der Waals surface area contributed by atoms with E-state index in [4.69, 9.17) is 0 Å². The number of carbonyl (C=O) groups is 1. The number of halogens is 1. The van der Waals surface area contributed by atoms with Crippen molar-refractivity contribution in [3.63, 3.8) is 0 Å². The Morgan fingerprint density at radius 1 is 1.15 bits per heavy atom. The van der Waals surface area contributed by atoms with E-state index in [1.807, 2.05) is 0 Å². The highest BCUT2D eigenvalue weighted by Crippen LogP contribution is 2.29. The van der Waals surface area contributed by atoms with Crippen molar-refractivity contribution in [2.45, 2.75) is 51.6 Å². The van der Waals surface area contributed by atoms with E-state index in [9.17, 15) is 9.18 Å². The van der Waals surface area contributed by atoms with Crippen LogP contribution in [-0.2, 0) is 11.3 Å². The molecule has 0 atom stereocenters. The van der Waals surface area contributed by atoms with Gasteiger partial charge in [-0.15, -0.1) is 0 Å². The molecule has 3 nitrogen and oxygen atoms in total. The highest BCUT2D eigenvalue weighted by molar-refractivity contribution is 5.90. The number of nitrogens with zero attached hydrogens (tertiary/aromatic N) is 1. The summed E-state index contributed by atoms with van der Waals surface area (Å²) in [5.74, 6) is -0.00768. The maximum Gasteiger partial charge on any atom is 0.225 e. The summed E-state index contributed by atoms with van der Waals surface area (Å²) in [6, 6.07) is 15.6. The SMILES string of the molecule is CC(C)c1ccc(CN(CCC(=O)Nc2ccccc2F)C2CC2)cc1. The Bertz CT molecular complexity index is 738. The number of amides is 1. The summed E-state index contributed by atoms with van der Waals surface area (Å²) in [7, 11) is 0. The van der Waals surface area contributed by atoms with Crippen molar-refractivity contribution in [1.82, 2.24) is 4.90 Å². The number of hydrogen-bond donors (Lipinski definition) is 1. The molecule has 0 heterocycles. The van der Waals surface area contributed by atoms with Crippen LogP contribution in [0.2, 0.25) is 0 Å². The molecule has 1 amide bonds. The van der Waals surface area contributed by atoms with Crippen molar-refractivity contribution >= 4 is 11.6 Å². The van der Waals surface area contributed by atoms with Gasteiger partial charge in [0.1, 0.15) is 5.82 Å². The van der Waals surface area contributed by atoms with Crippen molar-refractivity contribution in [3.8, 4) is 0 Å². The fourth-order valence-electron chi connectivity index (χ4n) is 3.09. The molecule has 0 bridgehead atoms. The minimum Gasteiger partial charge on any atom is -0.324 e. The molecule has 0 unspecified atom stereocenters. The molecular weight excluding hydrogens is 327 g/mol. The molecule has 1 aliphatic rings. The van der Waals surface area contributed by atoms with E-state index >= 15 is 0 Å². The lowest BCUT2D eigenvalue weighted by molar-refractivity contribution is -0.116. The zero-order chi connectivity index (χ0) is 18.5. The first-order valence-electron chi connectivity index (χ1n) is 9.40. The minimum absolute atomic E-state index is 0.143. The third-order valence-corrected chi connectivity index (χ3v) is 4.87. The Morgan fingerprint density at radius 3 is 2.46 bits per heavy atom. The van der Waals surface area contributed by atoms with Crippen LogP contribution in [0.5, 0.6) is 0 Å². The van der Waals surface area contributed by atoms with Gasteiger partial charge in [0.25, 0.3) is 0 Å². The van der Waals surface area contributed by atoms with Crippen LogP contribution in [-0.4, -0.2) is 23.4 Å². The maximum atomic E-state index is 13.6. The Labute approximate surface area is 155 Å². The molecule has 138 valence electrons. The highest BCUT2D eigenvalue weighted by atomic mass is 19.1. The maximum absolute atomic E-state index is 13.6. The van der Waals surface area contributed by atoms with Crippen LogP contribution in [0.3, 0.4) is 0 Å². The lowest BCUT2D eigenvalue weighted by Gasteiger charge is -2.22. The van der Waals surface area contributed by atoms with E-state index in [1.165, 1.54) is 30.0 Å². The van der Waals surface area contributed by atoms with E-state index in [1.54, 1.807) is 18.2 Å². The summed E-state index contributed by atoms with van der Waals surface area (Å²) in [5.41, 5.74) is 2.87. The quantitative estimate of drug-likeness (QED) is 0.728. The molecule has 0 saturated heterocycles. The Kier molecular flexibility index (Phi) is 6.04. The third kappa shape index (κ3) is 5.15. The largest absolute Gasteiger partial charge is 0.324 e. The van der Waals surface area contributed by atoms with Gasteiger partial charge in [0.15, 0.2) is 0 Å². The molecule has 1 N–H and O–H groups in total. The van der Waals surface area contributed by atoms with Crippen LogP contribution in [0.25, 0.3) is 0 Å². The summed E-state index contributed by atoms with van der Waals surface area (Å²) < 4.78 is 13.6. The van der Waals surface area contributed by atoms with E-state index in [-0.39, 0.29) is 11.6 Å². The second kappa shape index (κ2) is 8.45. The van der Waals surface area contributed by atoms with Gasteiger partial charge in [-0.25, -0.2) is 4.39 Å². The smallest absolute Gasteiger partial charge is 0.225 e. The van der Waals surface area contributed by atoms with Crippen LogP contribution in [0, 0.1) is 5.82 Å². The van der Waals surface area contributed by atoms with E-state index in [2.05, 4.69) is 48.3 Å². The number of hydrogen-bond acceptors (Lipinski definition) is 2. The van der Waals surface area contributed by atoms with Gasteiger partial charge in [-0.1, -0.05) is 50.2 Å². The fourth-order valence-corrected chi connectivity index (χ4v) is 3.09. The number of carbonyl (C=O) groups excluding carboxylic acids is 1. The number of rotatable bonds is 8. The van der Waals surface area contributed by atoms with Gasteiger partial charge in [-0.3, -0.25) is 9.69 Å². The summed E-state index contributed by atoms with van der Waals surface area (Å²) in [5, 5.41) is 2.67. The van der Waals surface area contributed by atoms with Crippen LogP contribution in [0.15, 0.2) is 48.5 Å². The van der Waals surface area contributed by atoms with Crippen molar-refractivity contribution in [2.24, 2.45) is 0 Å². The molecule has 1 fully saturated rings. The van der Waals surface area contributed by atoms with E-state index < -0.39 is 5.82 Å². The second-order valence-corrected chi connectivity index (χ2v) is 7.38. The second-order valence-electron chi connectivity index (χ2n) is 7.38. The van der Waals surface area contributed by atoms with Gasteiger partial charge in [0, 0.05) is 25.6 Å². The third-order valence-electron chi connectivity index (χ3n) is 4.87. The topological polar surface area (TPSA) is 32.3 Å². The molecule has 3 rings (SSSR count). The first kappa shape index (κ1) is 18.6. The fraction of sp³-hybridized carbons (Fsp3) is 0.409. The first-order chi connectivity index (χ1) is 12.5. The molecule has 0 aliphatic heterocycles. The van der Waals surface area contributed by atoms with Gasteiger partial charge in [0.05, 0.1) is 5.69 Å². The minimum atomic E-state index is -0.398. The zero-order valence-corrected chi connectivity index (χ0v) is 15.5. The van der Waals surface area contributed by atoms with Gasteiger partial charge >= 0.3 is 0 Å². The van der Waals surface area contributed by atoms with Crippen LogP contribution in [0.4, 0.5) is 10.1 Å². The summed E-state index contributed by atoms with van der Waals surface area (Å²) in [6.45, 7) is 5.94. The van der Waals surface area contributed by atoms with Crippen molar-refractivity contribution < 1.29 is 9.18 Å². The van der Waals surface area contributed by atoms with E-state index in [0.29, 0.717) is 24.9 Å². The predicted octanol–water partition coefficient (Wildman–Crippen LogP) is 4.94. The number of benzene rings is 2. The van der Waals surface area contributed by atoms with E-state index in [0.717, 1.165) is 6.54 Å². The average molecular weight is 354 g/mol. The lowest BCUT2D eigenvalue weighted by atomic mass is 10.0.